The lowest BCUT2D eigenvalue weighted by Crippen LogP contribution is -2.32. The molecule has 34 heavy (non-hydrogen) atoms. The van der Waals surface area contributed by atoms with E-state index < -0.39 is 0 Å². The molecule has 0 fully saturated rings. The number of aromatic nitrogens is 1. The van der Waals surface area contributed by atoms with Crippen LogP contribution in [0, 0.1) is 6.92 Å². The molecule has 0 spiro atoms. The molecule has 3 N–H and O–H groups in total. The molecule has 0 unspecified atom stereocenters. The van der Waals surface area contributed by atoms with E-state index in [2.05, 4.69) is 22.5 Å². The average molecular weight is 492 g/mol. The molecule has 0 saturated carbocycles. The number of carbonyl (C=O) groups is 1. The Labute approximate surface area is 207 Å². The lowest BCUT2D eigenvalue weighted by molar-refractivity contribution is -0.115. The minimum atomic E-state index is -0.381. The lowest BCUT2D eigenvalue weighted by Gasteiger charge is -2.12. The Morgan fingerprint density at radius 2 is 1.94 bits per heavy atom. The number of nitrogens with one attached hydrogen (secondary N) is 2. The zero-order valence-electron chi connectivity index (χ0n) is 18.6. The summed E-state index contributed by atoms with van der Waals surface area (Å²) in [5.74, 6) is -0.0177. The van der Waals surface area contributed by atoms with E-state index in [1.807, 2.05) is 18.2 Å². The number of amides is 1. The number of rotatable bonds is 5. The van der Waals surface area contributed by atoms with Gasteiger partial charge in [0.05, 0.1) is 5.56 Å². The van der Waals surface area contributed by atoms with Gasteiger partial charge in [0.2, 0.25) is 11.8 Å². The number of aryl methyl sites for hydroxylation is 2. The number of carbonyl (C=O) groups excluding carboxylic acids is 1. The Kier molecular flexibility index (Phi) is 6.95. The zero-order chi connectivity index (χ0) is 24.2. The third-order valence-electron chi connectivity index (χ3n) is 5.18. The number of halogens is 1. The first-order valence-electron chi connectivity index (χ1n) is 10.6. The summed E-state index contributed by atoms with van der Waals surface area (Å²) in [7, 11) is 0. The van der Waals surface area contributed by atoms with E-state index in [1.165, 1.54) is 6.08 Å². The molecule has 8 heteroatoms. The second kappa shape index (κ2) is 10.1. The van der Waals surface area contributed by atoms with E-state index in [9.17, 15) is 9.90 Å². The summed E-state index contributed by atoms with van der Waals surface area (Å²) in [6, 6.07) is 16.3. The largest absolute Gasteiger partial charge is 0.507 e. The van der Waals surface area contributed by atoms with Gasteiger partial charge in [-0.25, -0.2) is 4.98 Å². The molecule has 0 aliphatic heterocycles. The Morgan fingerprint density at radius 1 is 1.18 bits per heavy atom. The molecule has 1 heterocycles. The monoisotopic (exact) mass is 491 g/mol. The van der Waals surface area contributed by atoms with Crippen molar-refractivity contribution in [1.82, 2.24) is 10.3 Å². The minimum Gasteiger partial charge on any atom is -0.507 e. The van der Waals surface area contributed by atoms with Crippen molar-refractivity contribution in [3.05, 3.63) is 82.4 Å². The highest BCUT2D eigenvalue weighted by Crippen LogP contribution is 2.36. The van der Waals surface area contributed by atoms with Gasteiger partial charge in [0.25, 0.3) is 0 Å². The van der Waals surface area contributed by atoms with Gasteiger partial charge in [-0.3, -0.25) is 10.1 Å². The van der Waals surface area contributed by atoms with Crippen LogP contribution in [-0.2, 0) is 11.2 Å². The lowest BCUT2D eigenvalue weighted by atomic mass is 10.1. The van der Waals surface area contributed by atoms with Crippen LogP contribution in [0.15, 0.2) is 65.1 Å². The number of benzene rings is 3. The van der Waals surface area contributed by atoms with E-state index >= 15 is 0 Å². The van der Waals surface area contributed by atoms with Crippen LogP contribution in [0.1, 0.15) is 23.6 Å². The molecule has 0 radical (unpaired) electrons. The van der Waals surface area contributed by atoms with Gasteiger partial charge in [0.1, 0.15) is 11.3 Å². The Balaban J connectivity index is 1.50. The molecule has 1 amide bonds. The van der Waals surface area contributed by atoms with Crippen LogP contribution in [0.4, 0.5) is 5.69 Å². The standard InChI is InChI=1S/C26H22ClN3O3S/c1-3-16-6-10-22-21(13-16)29-25(33-22)20-14-19(12-15(2)24(20)32)28-26(34)30-23(31)11-7-17-4-8-18(27)9-5-17/h4-14,32H,3H2,1-2H3,(H2,28,30,31,34). The van der Waals surface area contributed by atoms with Crippen LogP contribution in [0.5, 0.6) is 5.75 Å². The molecule has 4 aromatic rings. The molecule has 0 bridgehead atoms. The molecule has 1 aromatic heterocycles. The topological polar surface area (TPSA) is 87.4 Å². The maximum Gasteiger partial charge on any atom is 0.250 e. The van der Waals surface area contributed by atoms with Crippen LogP contribution in [0.2, 0.25) is 5.02 Å². The van der Waals surface area contributed by atoms with E-state index in [1.54, 1.807) is 49.4 Å². The van der Waals surface area contributed by atoms with Gasteiger partial charge in [0.15, 0.2) is 10.7 Å². The van der Waals surface area contributed by atoms with Crippen molar-refractivity contribution >= 4 is 57.7 Å². The number of phenolic OH excluding ortho intramolecular Hbond substituents is 1. The quantitative estimate of drug-likeness (QED) is 0.174. The number of phenols is 1. The van der Waals surface area contributed by atoms with Crippen molar-refractivity contribution in [3.63, 3.8) is 0 Å². The van der Waals surface area contributed by atoms with Crippen LogP contribution >= 0.6 is 23.8 Å². The van der Waals surface area contributed by atoms with Crippen molar-refractivity contribution in [2.75, 3.05) is 5.32 Å². The maximum atomic E-state index is 12.2. The van der Waals surface area contributed by atoms with Crippen molar-refractivity contribution in [2.24, 2.45) is 0 Å². The molecular weight excluding hydrogens is 470 g/mol. The Hall–Kier alpha value is -3.68. The molecule has 6 nitrogen and oxygen atoms in total. The summed E-state index contributed by atoms with van der Waals surface area (Å²) in [5.41, 5.74) is 4.95. The van der Waals surface area contributed by atoms with Gasteiger partial charge in [-0.1, -0.05) is 36.7 Å². The van der Waals surface area contributed by atoms with E-state index in [-0.39, 0.29) is 16.8 Å². The summed E-state index contributed by atoms with van der Waals surface area (Å²) in [6.07, 6.45) is 3.93. The highest BCUT2D eigenvalue weighted by Gasteiger charge is 2.16. The number of fused-ring (bicyclic) bond motifs is 1. The van der Waals surface area contributed by atoms with E-state index in [4.69, 9.17) is 28.2 Å². The number of hydrogen-bond acceptors (Lipinski definition) is 5. The van der Waals surface area contributed by atoms with Crippen LogP contribution in [-0.4, -0.2) is 21.1 Å². The molecular formula is C26H22ClN3O3S. The highest BCUT2D eigenvalue weighted by molar-refractivity contribution is 7.80. The fraction of sp³-hybridized carbons (Fsp3) is 0.115. The first kappa shape index (κ1) is 23.5. The van der Waals surface area contributed by atoms with Crippen molar-refractivity contribution in [1.29, 1.82) is 0 Å². The number of anilines is 1. The number of oxazole rings is 1. The Bertz CT molecular complexity index is 1410. The van der Waals surface area contributed by atoms with Gasteiger partial charge in [0, 0.05) is 16.8 Å². The maximum absolute atomic E-state index is 12.2. The molecule has 3 aromatic carbocycles. The summed E-state index contributed by atoms with van der Waals surface area (Å²) in [5, 5.41) is 17.0. The van der Waals surface area contributed by atoms with Gasteiger partial charge in [-0.2, -0.15) is 0 Å². The van der Waals surface area contributed by atoms with Crippen molar-refractivity contribution < 1.29 is 14.3 Å². The predicted octanol–water partition coefficient (Wildman–Crippen LogP) is 6.25. The first-order chi connectivity index (χ1) is 16.3. The minimum absolute atomic E-state index is 0.0636. The highest BCUT2D eigenvalue weighted by atomic mass is 35.5. The van der Waals surface area contributed by atoms with Crippen LogP contribution in [0.25, 0.3) is 28.6 Å². The summed E-state index contributed by atoms with van der Waals surface area (Å²) >= 11 is 11.2. The number of thiocarbonyl (C=S) groups is 1. The van der Waals surface area contributed by atoms with Crippen LogP contribution in [0.3, 0.4) is 0 Å². The molecule has 0 saturated heterocycles. The second-order valence-electron chi connectivity index (χ2n) is 7.69. The molecule has 172 valence electrons. The fourth-order valence-corrected chi connectivity index (χ4v) is 3.73. The van der Waals surface area contributed by atoms with Crippen molar-refractivity contribution in [3.8, 4) is 17.2 Å². The van der Waals surface area contributed by atoms with E-state index in [0.29, 0.717) is 33.3 Å². The molecule has 4 rings (SSSR count). The third-order valence-corrected chi connectivity index (χ3v) is 5.64. The first-order valence-corrected chi connectivity index (χ1v) is 11.4. The zero-order valence-corrected chi connectivity index (χ0v) is 20.1. The molecule has 0 aliphatic rings. The van der Waals surface area contributed by atoms with Gasteiger partial charge < -0.3 is 14.8 Å². The number of hydrogen-bond donors (Lipinski definition) is 3. The van der Waals surface area contributed by atoms with Gasteiger partial charge in [-0.15, -0.1) is 0 Å². The van der Waals surface area contributed by atoms with Crippen LogP contribution < -0.4 is 10.6 Å². The normalized spacial score (nSPS) is 11.1. The SMILES string of the molecule is CCc1ccc2oc(-c3cc(NC(=S)NC(=O)C=Cc4ccc(Cl)cc4)cc(C)c3O)nc2c1. The fourth-order valence-electron chi connectivity index (χ4n) is 3.38. The predicted molar refractivity (Wildman–Crippen MR) is 140 cm³/mol. The summed E-state index contributed by atoms with van der Waals surface area (Å²) in [6.45, 7) is 3.83. The van der Waals surface area contributed by atoms with E-state index in [0.717, 1.165) is 23.1 Å². The third kappa shape index (κ3) is 5.44. The van der Waals surface area contributed by atoms with Crippen molar-refractivity contribution in [2.45, 2.75) is 20.3 Å². The van der Waals surface area contributed by atoms with Gasteiger partial charge in [-0.05, 0) is 84.7 Å². The van der Waals surface area contributed by atoms with Gasteiger partial charge >= 0.3 is 0 Å². The molecule has 0 atom stereocenters. The summed E-state index contributed by atoms with van der Waals surface area (Å²) < 4.78 is 5.88. The smallest absolute Gasteiger partial charge is 0.250 e. The summed E-state index contributed by atoms with van der Waals surface area (Å²) in [4.78, 5) is 16.8. The average Bonchev–Trinajstić information content (AvgIpc) is 3.24. The second-order valence-corrected chi connectivity index (χ2v) is 8.54. The Morgan fingerprint density at radius 3 is 2.68 bits per heavy atom. The number of nitrogens with zero attached hydrogens (tertiary/aromatic N) is 1. The molecule has 0 aliphatic carbocycles. The number of aromatic hydroxyl groups is 1.